The molecule has 0 aliphatic rings. The van der Waals surface area contributed by atoms with Crippen LogP contribution in [0.15, 0.2) is 18.2 Å². The predicted octanol–water partition coefficient (Wildman–Crippen LogP) is 2.28. The lowest BCUT2D eigenvalue weighted by Gasteiger charge is -2.09. The molecule has 18 heavy (non-hydrogen) atoms. The van der Waals surface area contributed by atoms with Gasteiger partial charge in [-0.2, -0.15) is 0 Å². The number of hydrogen-bond acceptors (Lipinski definition) is 4. The van der Waals surface area contributed by atoms with Gasteiger partial charge in [-0.05, 0) is 31.2 Å². The van der Waals surface area contributed by atoms with Crippen molar-refractivity contribution in [1.82, 2.24) is 5.32 Å². The molecule has 0 unspecified atom stereocenters. The molecule has 4 nitrogen and oxygen atoms in total. The van der Waals surface area contributed by atoms with Crippen molar-refractivity contribution in [2.24, 2.45) is 0 Å². The van der Waals surface area contributed by atoms with Crippen LogP contribution in [-0.2, 0) is 0 Å². The van der Waals surface area contributed by atoms with Gasteiger partial charge in [-0.15, -0.1) is 0 Å². The zero-order valence-electron chi connectivity index (χ0n) is 11.3. The normalized spacial score (nSPS) is 10.2. The number of unbranched alkanes of at least 4 members (excludes halogenated alkanes) is 1. The molecule has 4 heteroatoms. The first-order chi connectivity index (χ1) is 8.72. The van der Waals surface area contributed by atoms with E-state index in [4.69, 9.17) is 9.47 Å². The van der Waals surface area contributed by atoms with Gasteiger partial charge >= 0.3 is 0 Å². The van der Waals surface area contributed by atoms with Crippen LogP contribution in [0, 0.1) is 0 Å². The van der Waals surface area contributed by atoms with Gasteiger partial charge in [0, 0.05) is 5.56 Å². The molecule has 1 aromatic carbocycles. The van der Waals surface area contributed by atoms with E-state index in [1.54, 1.807) is 32.4 Å². The average molecular weight is 251 g/mol. The Bertz CT molecular complexity index is 391. The summed E-state index contributed by atoms with van der Waals surface area (Å²) in [7, 11) is 3.14. The van der Waals surface area contributed by atoms with Crippen molar-refractivity contribution < 1.29 is 14.3 Å². The highest BCUT2D eigenvalue weighted by Crippen LogP contribution is 2.27. The van der Waals surface area contributed by atoms with Crippen molar-refractivity contribution >= 4 is 5.78 Å². The number of carbonyl (C=O) groups excluding carboxylic acids is 1. The zero-order valence-corrected chi connectivity index (χ0v) is 11.3. The number of rotatable bonds is 8. The maximum atomic E-state index is 11.9. The summed E-state index contributed by atoms with van der Waals surface area (Å²) in [4.78, 5) is 11.9. The summed E-state index contributed by atoms with van der Waals surface area (Å²) >= 11 is 0. The highest BCUT2D eigenvalue weighted by atomic mass is 16.5. The minimum Gasteiger partial charge on any atom is -0.493 e. The smallest absolute Gasteiger partial charge is 0.176 e. The van der Waals surface area contributed by atoms with Gasteiger partial charge in [-0.1, -0.05) is 13.3 Å². The van der Waals surface area contributed by atoms with Gasteiger partial charge in [-0.3, -0.25) is 4.79 Å². The molecule has 0 bridgehead atoms. The fourth-order valence-electron chi connectivity index (χ4n) is 1.62. The van der Waals surface area contributed by atoms with Crippen LogP contribution < -0.4 is 14.8 Å². The lowest BCUT2D eigenvalue weighted by molar-refractivity contribution is 0.0991. The minimum atomic E-state index is 0.0621. The molecule has 0 amide bonds. The summed E-state index contributed by atoms with van der Waals surface area (Å²) in [5.41, 5.74) is 0.636. The largest absolute Gasteiger partial charge is 0.493 e. The van der Waals surface area contributed by atoms with Gasteiger partial charge in [0.25, 0.3) is 0 Å². The van der Waals surface area contributed by atoms with Crippen LogP contribution in [0.4, 0.5) is 0 Å². The van der Waals surface area contributed by atoms with Gasteiger partial charge in [0.15, 0.2) is 17.3 Å². The van der Waals surface area contributed by atoms with E-state index in [-0.39, 0.29) is 5.78 Å². The number of Topliss-reactive ketones (excluding diaryl/α,β-unsaturated/α-hetero) is 1. The van der Waals surface area contributed by atoms with Crippen molar-refractivity contribution in [1.29, 1.82) is 0 Å². The van der Waals surface area contributed by atoms with Crippen LogP contribution in [0.1, 0.15) is 30.1 Å². The number of carbonyl (C=O) groups is 1. The summed E-state index contributed by atoms with van der Waals surface area (Å²) in [6.07, 6.45) is 2.21. The maximum Gasteiger partial charge on any atom is 0.176 e. The summed E-state index contributed by atoms with van der Waals surface area (Å²) in [5, 5.41) is 3.13. The minimum absolute atomic E-state index is 0.0621. The van der Waals surface area contributed by atoms with E-state index in [9.17, 15) is 4.79 Å². The van der Waals surface area contributed by atoms with Crippen LogP contribution >= 0.6 is 0 Å². The molecule has 0 aliphatic carbocycles. The third kappa shape index (κ3) is 4.04. The maximum absolute atomic E-state index is 11.9. The molecule has 100 valence electrons. The predicted molar refractivity (Wildman–Crippen MR) is 71.7 cm³/mol. The van der Waals surface area contributed by atoms with Crippen molar-refractivity contribution in [2.45, 2.75) is 19.8 Å². The molecule has 0 atom stereocenters. The Morgan fingerprint density at radius 2 is 1.94 bits per heavy atom. The number of ether oxygens (including phenoxy) is 2. The van der Waals surface area contributed by atoms with E-state index in [0.29, 0.717) is 23.6 Å². The van der Waals surface area contributed by atoms with Gasteiger partial charge in [0.2, 0.25) is 0 Å². The Morgan fingerprint density at radius 3 is 2.56 bits per heavy atom. The van der Waals surface area contributed by atoms with E-state index in [0.717, 1.165) is 19.4 Å². The molecule has 0 aromatic heterocycles. The molecule has 0 heterocycles. The topological polar surface area (TPSA) is 47.6 Å². The SMILES string of the molecule is CCCCNCC(=O)c1ccc(OC)c(OC)c1. The molecular formula is C14H21NO3. The zero-order chi connectivity index (χ0) is 13.4. The third-order valence-corrected chi connectivity index (χ3v) is 2.70. The van der Waals surface area contributed by atoms with Crippen LogP contribution in [0.25, 0.3) is 0 Å². The van der Waals surface area contributed by atoms with Gasteiger partial charge in [-0.25, -0.2) is 0 Å². The van der Waals surface area contributed by atoms with Crippen LogP contribution in [0.2, 0.25) is 0 Å². The standard InChI is InChI=1S/C14H21NO3/c1-4-5-8-15-10-12(16)11-6-7-13(17-2)14(9-11)18-3/h6-7,9,15H,4-5,8,10H2,1-3H3. The molecule has 0 saturated carbocycles. The summed E-state index contributed by atoms with van der Waals surface area (Å²) in [6.45, 7) is 3.35. The van der Waals surface area contributed by atoms with Gasteiger partial charge in [0.05, 0.1) is 20.8 Å². The van der Waals surface area contributed by atoms with Crippen LogP contribution in [0.5, 0.6) is 11.5 Å². The van der Waals surface area contributed by atoms with E-state index in [1.165, 1.54) is 0 Å². The molecule has 1 aromatic rings. The number of methoxy groups -OCH3 is 2. The Morgan fingerprint density at radius 1 is 1.22 bits per heavy atom. The Labute approximate surface area is 108 Å². The second-order valence-electron chi connectivity index (χ2n) is 4.02. The molecule has 0 radical (unpaired) electrons. The van der Waals surface area contributed by atoms with E-state index in [1.807, 2.05) is 0 Å². The first kappa shape index (κ1) is 14.5. The molecular weight excluding hydrogens is 230 g/mol. The first-order valence-electron chi connectivity index (χ1n) is 6.18. The molecule has 1 N–H and O–H groups in total. The highest BCUT2D eigenvalue weighted by Gasteiger charge is 2.10. The first-order valence-corrected chi connectivity index (χ1v) is 6.18. The molecule has 0 aliphatic heterocycles. The van der Waals surface area contributed by atoms with Crippen molar-refractivity contribution in [2.75, 3.05) is 27.3 Å². The Balaban J connectivity index is 2.62. The lowest BCUT2D eigenvalue weighted by atomic mass is 10.1. The number of ketones is 1. The second-order valence-corrected chi connectivity index (χ2v) is 4.02. The molecule has 1 rings (SSSR count). The highest BCUT2D eigenvalue weighted by molar-refractivity contribution is 5.98. The number of hydrogen-bond donors (Lipinski definition) is 1. The van der Waals surface area contributed by atoms with E-state index < -0.39 is 0 Å². The fraction of sp³-hybridized carbons (Fsp3) is 0.500. The summed E-state index contributed by atoms with van der Waals surface area (Å²) < 4.78 is 10.3. The number of nitrogens with one attached hydrogen (secondary N) is 1. The average Bonchev–Trinajstić information content (AvgIpc) is 2.42. The van der Waals surface area contributed by atoms with Crippen molar-refractivity contribution in [3.63, 3.8) is 0 Å². The van der Waals surface area contributed by atoms with Crippen molar-refractivity contribution in [3.8, 4) is 11.5 Å². The third-order valence-electron chi connectivity index (χ3n) is 2.70. The molecule has 0 fully saturated rings. The lowest BCUT2D eigenvalue weighted by Crippen LogP contribution is -2.23. The second kappa shape index (κ2) is 7.71. The monoisotopic (exact) mass is 251 g/mol. The van der Waals surface area contributed by atoms with Gasteiger partial charge in [0.1, 0.15) is 0 Å². The van der Waals surface area contributed by atoms with E-state index >= 15 is 0 Å². The summed E-state index contributed by atoms with van der Waals surface area (Å²) in [5.74, 6) is 1.27. The fourth-order valence-corrected chi connectivity index (χ4v) is 1.62. The van der Waals surface area contributed by atoms with E-state index in [2.05, 4.69) is 12.2 Å². The summed E-state index contributed by atoms with van der Waals surface area (Å²) in [6, 6.07) is 5.21. The van der Waals surface area contributed by atoms with Crippen LogP contribution in [0.3, 0.4) is 0 Å². The van der Waals surface area contributed by atoms with Gasteiger partial charge < -0.3 is 14.8 Å². The molecule has 0 saturated heterocycles. The number of benzene rings is 1. The molecule has 0 spiro atoms. The van der Waals surface area contributed by atoms with Crippen molar-refractivity contribution in [3.05, 3.63) is 23.8 Å². The Hall–Kier alpha value is -1.55. The van der Waals surface area contributed by atoms with Crippen LogP contribution in [-0.4, -0.2) is 33.1 Å². The Kier molecular flexibility index (Phi) is 6.22. The quantitative estimate of drug-likeness (QED) is 0.569.